The zero-order valence-electron chi connectivity index (χ0n) is 21.7. The van der Waals surface area contributed by atoms with Gasteiger partial charge >= 0.3 is 0 Å². The second-order valence-corrected chi connectivity index (χ2v) is 14.4. The molecule has 0 aliphatic heterocycles. The van der Waals surface area contributed by atoms with Gasteiger partial charge in [0.1, 0.15) is 0 Å². The highest BCUT2D eigenvalue weighted by atomic mass is 16.3. The zero-order chi connectivity index (χ0) is 22.4. The summed E-state index contributed by atoms with van der Waals surface area (Å²) in [5.41, 5.74) is 3.87. The second kappa shape index (κ2) is 6.86. The van der Waals surface area contributed by atoms with Gasteiger partial charge in [-0.25, -0.2) is 0 Å². The molecule has 5 rings (SSSR count). The molecular formula is C30H50O. The smallest absolute Gasteiger partial charge is 0.0594 e. The predicted molar refractivity (Wildman–Crippen MR) is 131 cm³/mol. The van der Waals surface area contributed by atoms with E-state index in [1.807, 2.05) is 0 Å². The first-order valence-corrected chi connectivity index (χ1v) is 13.8. The van der Waals surface area contributed by atoms with E-state index in [0.29, 0.717) is 21.7 Å². The summed E-state index contributed by atoms with van der Waals surface area (Å²) in [5.74, 6) is 3.46. The van der Waals surface area contributed by atoms with Crippen molar-refractivity contribution in [3.05, 3.63) is 11.6 Å². The number of hydrogen-bond acceptors (Lipinski definition) is 1. The van der Waals surface area contributed by atoms with E-state index in [1.165, 1.54) is 69.8 Å². The van der Waals surface area contributed by atoms with Gasteiger partial charge in [0, 0.05) is 0 Å². The fraction of sp³-hybridized carbons (Fsp3) is 0.933. The van der Waals surface area contributed by atoms with Gasteiger partial charge in [0.05, 0.1) is 6.10 Å². The molecule has 0 aromatic heterocycles. The van der Waals surface area contributed by atoms with Crippen LogP contribution in [0.25, 0.3) is 0 Å². The molecular weight excluding hydrogens is 376 g/mol. The van der Waals surface area contributed by atoms with Gasteiger partial charge in [-0.1, -0.05) is 46.3 Å². The van der Waals surface area contributed by atoms with E-state index in [2.05, 4.69) is 54.5 Å². The summed E-state index contributed by atoms with van der Waals surface area (Å²) >= 11 is 0. The van der Waals surface area contributed by atoms with Crippen molar-refractivity contribution in [1.82, 2.24) is 0 Å². The quantitative estimate of drug-likeness (QED) is 0.449. The minimum atomic E-state index is -0.0840. The number of hydrogen-bond donors (Lipinski definition) is 1. The van der Waals surface area contributed by atoms with E-state index in [0.717, 1.165) is 30.1 Å². The standard InChI is InChI=1S/C30H50O/c1-20(2)9-8-10-21(3)22-13-15-28(7)24-12-11-23-26(4,5)25(31)14-16-29(23)19-30(24,29)18-17-27(22,28)6/h9,21-25,31H,8,10-19H2,1-7H3/t21-,22?,23-,24+,25-,27+,28-,29-,30+/m1/s1. The Labute approximate surface area is 192 Å². The molecule has 1 heteroatoms. The van der Waals surface area contributed by atoms with Crippen LogP contribution in [0.4, 0.5) is 0 Å². The van der Waals surface area contributed by atoms with Crippen molar-refractivity contribution in [3.63, 3.8) is 0 Å². The van der Waals surface area contributed by atoms with Crippen LogP contribution >= 0.6 is 0 Å². The maximum Gasteiger partial charge on any atom is 0.0594 e. The summed E-state index contributed by atoms with van der Waals surface area (Å²) in [7, 11) is 0. The molecule has 5 fully saturated rings. The van der Waals surface area contributed by atoms with Gasteiger partial charge in [-0.15, -0.1) is 0 Å². The third-order valence-corrected chi connectivity index (χ3v) is 13.0. The molecule has 1 nitrogen and oxygen atoms in total. The Morgan fingerprint density at radius 3 is 2.26 bits per heavy atom. The highest BCUT2D eigenvalue weighted by Gasteiger charge is 2.82. The molecule has 0 bridgehead atoms. The average molecular weight is 427 g/mol. The van der Waals surface area contributed by atoms with Crippen LogP contribution in [0.2, 0.25) is 0 Å². The highest BCUT2D eigenvalue weighted by molar-refractivity contribution is 5.30. The van der Waals surface area contributed by atoms with Crippen LogP contribution in [0, 0.1) is 50.7 Å². The molecule has 0 heterocycles. The number of rotatable bonds is 4. The first kappa shape index (κ1) is 22.5. The van der Waals surface area contributed by atoms with Crippen molar-refractivity contribution in [2.45, 2.75) is 125 Å². The van der Waals surface area contributed by atoms with Crippen LogP contribution in [0.15, 0.2) is 11.6 Å². The van der Waals surface area contributed by atoms with Crippen LogP contribution in [-0.4, -0.2) is 11.2 Å². The third kappa shape index (κ3) is 2.71. The molecule has 5 aliphatic rings. The molecule has 0 aromatic carbocycles. The van der Waals surface area contributed by atoms with Gasteiger partial charge in [-0.2, -0.15) is 0 Å². The van der Waals surface area contributed by atoms with E-state index >= 15 is 0 Å². The monoisotopic (exact) mass is 426 g/mol. The summed E-state index contributed by atoms with van der Waals surface area (Å²) in [6.07, 6.45) is 17.6. The van der Waals surface area contributed by atoms with E-state index in [9.17, 15) is 5.11 Å². The lowest BCUT2D eigenvalue weighted by molar-refractivity contribution is -0.161. The predicted octanol–water partition coefficient (Wildman–Crippen LogP) is 8.17. The van der Waals surface area contributed by atoms with Crippen molar-refractivity contribution < 1.29 is 5.11 Å². The molecule has 2 spiro atoms. The molecule has 0 radical (unpaired) electrons. The molecule has 1 N–H and O–H groups in total. The summed E-state index contributed by atoms with van der Waals surface area (Å²) in [5, 5.41) is 10.8. The van der Waals surface area contributed by atoms with Crippen LogP contribution in [0.3, 0.4) is 0 Å². The van der Waals surface area contributed by atoms with E-state index in [4.69, 9.17) is 0 Å². The summed E-state index contributed by atoms with van der Waals surface area (Å²) in [6, 6.07) is 0. The van der Waals surface area contributed by atoms with Gasteiger partial charge in [0.15, 0.2) is 0 Å². The molecule has 9 atom stereocenters. The Morgan fingerprint density at radius 2 is 1.55 bits per heavy atom. The molecule has 0 aromatic rings. The minimum absolute atomic E-state index is 0.0840. The van der Waals surface area contributed by atoms with E-state index < -0.39 is 0 Å². The topological polar surface area (TPSA) is 20.2 Å². The van der Waals surface area contributed by atoms with E-state index in [1.54, 1.807) is 0 Å². The number of aliphatic hydroxyl groups is 1. The molecule has 176 valence electrons. The third-order valence-electron chi connectivity index (χ3n) is 13.0. The number of allylic oxidation sites excluding steroid dienone is 2. The molecule has 5 saturated carbocycles. The average Bonchev–Trinajstić information content (AvgIpc) is 3.27. The fourth-order valence-corrected chi connectivity index (χ4v) is 11.1. The van der Waals surface area contributed by atoms with Crippen LogP contribution < -0.4 is 0 Å². The Hall–Kier alpha value is -0.300. The van der Waals surface area contributed by atoms with E-state index in [-0.39, 0.29) is 11.5 Å². The van der Waals surface area contributed by atoms with Crippen LogP contribution in [0.1, 0.15) is 119 Å². The normalized spacial score (nSPS) is 52.9. The second-order valence-electron chi connectivity index (χ2n) is 14.4. The number of fused-ring (bicyclic) bond motifs is 2. The molecule has 0 saturated heterocycles. The Balaban J connectivity index is 1.41. The van der Waals surface area contributed by atoms with Crippen molar-refractivity contribution >= 4 is 0 Å². The van der Waals surface area contributed by atoms with Gasteiger partial charge < -0.3 is 5.11 Å². The SMILES string of the molecule is CC(C)=CCC[C@@H](C)C1CC[C@]2(C)[C@@H]3CC[C@@H]4C(C)(C)[C@H](O)CC[C@@]45C[C@@]35CC[C@@]12C. The fourth-order valence-electron chi connectivity index (χ4n) is 11.1. The van der Waals surface area contributed by atoms with Crippen molar-refractivity contribution in [2.75, 3.05) is 0 Å². The van der Waals surface area contributed by atoms with Gasteiger partial charge in [-0.3, -0.25) is 0 Å². The number of aliphatic hydroxyl groups excluding tert-OH is 1. The van der Waals surface area contributed by atoms with Crippen LogP contribution in [-0.2, 0) is 0 Å². The zero-order valence-corrected chi connectivity index (χ0v) is 21.7. The Morgan fingerprint density at radius 1 is 0.871 bits per heavy atom. The Bertz CT molecular complexity index is 760. The summed E-state index contributed by atoms with van der Waals surface area (Å²) < 4.78 is 0. The summed E-state index contributed by atoms with van der Waals surface area (Å²) in [6.45, 7) is 17.3. The molecule has 0 amide bonds. The molecule has 5 aliphatic carbocycles. The maximum absolute atomic E-state index is 10.8. The lowest BCUT2D eigenvalue weighted by atomic mass is 9.41. The molecule has 31 heavy (non-hydrogen) atoms. The maximum atomic E-state index is 10.8. The van der Waals surface area contributed by atoms with Crippen molar-refractivity contribution in [2.24, 2.45) is 50.7 Å². The van der Waals surface area contributed by atoms with Crippen LogP contribution in [0.5, 0.6) is 0 Å². The first-order valence-electron chi connectivity index (χ1n) is 13.8. The Kier molecular flexibility index (Phi) is 4.98. The van der Waals surface area contributed by atoms with Gasteiger partial charge in [0.2, 0.25) is 0 Å². The minimum Gasteiger partial charge on any atom is -0.393 e. The van der Waals surface area contributed by atoms with Crippen molar-refractivity contribution in [1.29, 1.82) is 0 Å². The molecule has 1 unspecified atom stereocenters. The van der Waals surface area contributed by atoms with Gasteiger partial charge in [0.25, 0.3) is 0 Å². The summed E-state index contributed by atoms with van der Waals surface area (Å²) in [4.78, 5) is 0. The van der Waals surface area contributed by atoms with Crippen molar-refractivity contribution in [3.8, 4) is 0 Å². The highest BCUT2D eigenvalue weighted by Crippen LogP contribution is 2.89. The largest absolute Gasteiger partial charge is 0.393 e. The lowest BCUT2D eigenvalue weighted by Crippen LogP contribution is -2.57. The lowest BCUT2D eigenvalue weighted by Gasteiger charge is -2.63. The van der Waals surface area contributed by atoms with Gasteiger partial charge in [-0.05, 0) is 135 Å². The first-order chi connectivity index (χ1) is 14.4.